The molecule has 6 heteroatoms. The van der Waals surface area contributed by atoms with E-state index in [9.17, 15) is 13.5 Å². The van der Waals surface area contributed by atoms with E-state index in [2.05, 4.69) is 0 Å². The summed E-state index contributed by atoms with van der Waals surface area (Å²) in [6.07, 6.45) is 7.47. The first-order valence-corrected chi connectivity index (χ1v) is 9.35. The summed E-state index contributed by atoms with van der Waals surface area (Å²) >= 11 is 0. The van der Waals surface area contributed by atoms with Gasteiger partial charge in [-0.25, -0.2) is 8.42 Å². The SMILES string of the molecule is O=S(=O)(c1cc(CO)n(C2CC2)c1)N1CC2CCCC2C1. The first-order valence-electron chi connectivity index (χ1n) is 7.91. The Balaban J connectivity index is 1.62. The van der Waals surface area contributed by atoms with Gasteiger partial charge in [-0.15, -0.1) is 0 Å². The molecule has 0 radical (unpaired) electrons. The van der Waals surface area contributed by atoms with Gasteiger partial charge in [0.2, 0.25) is 10.0 Å². The number of fused-ring (bicyclic) bond motifs is 1. The third-order valence-electron chi connectivity index (χ3n) is 5.34. The number of aliphatic hydroxyl groups excluding tert-OH is 1. The van der Waals surface area contributed by atoms with Crippen LogP contribution < -0.4 is 0 Å². The van der Waals surface area contributed by atoms with Gasteiger partial charge in [-0.3, -0.25) is 0 Å². The van der Waals surface area contributed by atoms with Crippen molar-refractivity contribution in [2.45, 2.75) is 49.6 Å². The summed E-state index contributed by atoms with van der Waals surface area (Å²) in [5.41, 5.74) is 0.718. The molecule has 0 spiro atoms. The van der Waals surface area contributed by atoms with Crippen molar-refractivity contribution in [3.8, 4) is 0 Å². The maximum atomic E-state index is 12.8. The summed E-state index contributed by atoms with van der Waals surface area (Å²) in [6.45, 7) is 1.25. The van der Waals surface area contributed by atoms with E-state index in [0.717, 1.165) is 18.5 Å². The molecular formula is C15H22N2O3S. The largest absolute Gasteiger partial charge is 0.390 e. The molecular weight excluding hydrogens is 288 g/mol. The van der Waals surface area contributed by atoms with E-state index in [1.165, 1.54) is 19.3 Å². The number of rotatable bonds is 4. The van der Waals surface area contributed by atoms with Crippen molar-refractivity contribution in [3.63, 3.8) is 0 Å². The van der Waals surface area contributed by atoms with Crippen molar-refractivity contribution in [2.24, 2.45) is 11.8 Å². The molecule has 2 aliphatic carbocycles. The third-order valence-corrected chi connectivity index (χ3v) is 7.14. The Morgan fingerprint density at radius 3 is 2.38 bits per heavy atom. The zero-order chi connectivity index (χ0) is 14.6. The van der Waals surface area contributed by atoms with Crippen molar-refractivity contribution in [1.29, 1.82) is 0 Å². The molecule has 2 heterocycles. The molecule has 2 atom stereocenters. The standard InChI is InChI=1S/C15H22N2O3S/c18-10-14-6-15(9-17(14)13-4-5-13)21(19,20)16-7-11-2-1-3-12(11)8-16/h6,9,11-13,18H,1-5,7-8,10H2. The summed E-state index contributed by atoms with van der Waals surface area (Å²) in [7, 11) is -3.40. The van der Waals surface area contributed by atoms with Crippen LogP contribution >= 0.6 is 0 Å². The van der Waals surface area contributed by atoms with Gasteiger partial charge in [0, 0.05) is 31.0 Å². The monoisotopic (exact) mass is 310 g/mol. The van der Waals surface area contributed by atoms with Gasteiger partial charge in [-0.1, -0.05) is 6.42 Å². The molecule has 1 saturated heterocycles. The lowest BCUT2D eigenvalue weighted by Gasteiger charge is -2.16. The van der Waals surface area contributed by atoms with Crippen LogP contribution in [-0.4, -0.2) is 35.5 Å². The smallest absolute Gasteiger partial charge is 0.244 e. The van der Waals surface area contributed by atoms with Crippen molar-refractivity contribution in [2.75, 3.05) is 13.1 Å². The highest BCUT2D eigenvalue weighted by molar-refractivity contribution is 7.89. The lowest BCUT2D eigenvalue weighted by Crippen LogP contribution is -2.29. The van der Waals surface area contributed by atoms with Crippen LogP contribution in [0, 0.1) is 11.8 Å². The number of hydrogen-bond acceptors (Lipinski definition) is 3. The Morgan fingerprint density at radius 1 is 1.14 bits per heavy atom. The number of aliphatic hydroxyl groups is 1. The summed E-state index contributed by atoms with van der Waals surface area (Å²) in [6, 6.07) is 2.04. The predicted octanol–water partition coefficient (Wildman–Crippen LogP) is 1.74. The number of nitrogens with zero attached hydrogens (tertiary/aromatic N) is 2. The normalized spacial score (nSPS) is 30.0. The van der Waals surface area contributed by atoms with E-state index < -0.39 is 10.0 Å². The third kappa shape index (κ3) is 2.24. The second-order valence-electron chi connectivity index (χ2n) is 6.74. The highest BCUT2D eigenvalue weighted by atomic mass is 32.2. The number of sulfonamides is 1. The maximum absolute atomic E-state index is 12.8. The lowest BCUT2D eigenvalue weighted by molar-refractivity contribution is 0.270. The van der Waals surface area contributed by atoms with Crippen LogP contribution in [-0.2, 0) is 16.6 Å². The molecule has 5 nitrogen and oxygen atoms in total. The van der Waals surface area contributed by atoms with Gasteiger partial charge in [-0.2, -0.15) is 4.31 Å². The Kier molecular flexibility index (Phi) is 3.17. The summed E-state index contributed by atoms with van der Waals surface area (Å²) < 4.78 is 29.3. The Hall–Kier alpha value is -0.850. The number of aromatic nitrogens is 1. The average Bonchev–Trinajstić information content (AvgIpc) is 2.90. The molecule has 0 bridgehead atoms. The van der Waals surface area contributed by atoms with E-state index in [1.54, 1.807) is 16.6 Å². The minimum atomic E-state index is -3.40. The van der Waals surface area contributed by atoms with Gasteiger partial charge >= 0.3 is 0 Å². The number of hydrogen-bond donors (Lipinski definition) is 1. The molecule has 2 unspecified atom stereocenters. The molecule has 116 valence electrons. The molecule has 21 heavy (non-hydrogen) atoms. The Labute approximate surface area is 125 Å². The van der Waals surface area contributed by atoms with E-state index >= 15 is 0 Å². The van der Waals surface area contributed by atoms with Gasteiger partial charge in [0.1, 0.15) is 4.90 Å². The molecule has 1 aliphatic heterocycles. The van der Waals surface area contributed by atoms with E-state index in [4.69, 9.17) is 0 Å². The molecule has 1 aromatic heterocycles. The van der Waals surface area contributed by atoms with Crippen molar-refractivity contribution >= 4 is 10.0 Å². The predicted molar refractivity (Wildman–Crippen MR) is 78.2 cm³/mol. The van der Waals surface area contributed by atoms with Crippen LogP contribution in [0.2, 0.25) is 0 Å². The van der Waals surface area contributed by atoms with Crippen LogP contribution in [0.5, 0.6) is 0 Å². The van der Waals surface area contributed by atoms with Crippen molar-refractivity contribution < 1.29 is 13.5 Å². The van der Waals surface area contributed by atoms with Gasteiger partial charge < -0.3 is 9.67 Å². The fourth-order valence-electron chi connectivity index (χ4n) is 3.99. The summed E-state index contributed by atoms with van der Waals surface area (Å²) in [5, 5.41) is 9.44. The second-order valence-corrected chi connectivity index (χ2v) is 8.67. The van der Waals surface area contributed by atoms with Crippen LogP contribution in [0.1, 0.15) is 43.8 Å². The van der Waals surface area contributed by atoms with Crippen LogP contribution in [0.4, 0.5) is 0 Å². The van der Waals surface area contributed by atoms with Crippen LogP contribution in [0.25, 0.3) is 0 Å². The molecule has 0 amide bonds. The highest BCUT2D eigenvalue weighted by Gasteiger charge is 2.42. The molecule has 2 saturated carbocycles. The van der Waals surface area contributed by atoms with Crippen molar-refractivity contribution in [1.82, 2.24) is 8.87 Å². The van der Waals surface area contributed by atoms with E-state index in [1.807, 2.05) is 4.57 Å². The second kappa shape index (κ2) is 4.83. The maximum Gasteiger partial charge on any atom is 0.244 e. The van der Waals surface area contributed by atoms with Crippen LogP contribution in [0.15, 0.2) is 17.2 Å². The minimum Gasteiger partial charge on any atom is -0.390 e. The zero-order valence-electron chi connectivity index (χ0n) is 12.1. The quantitative estimate of drug-likeness (QED) is 0.921. The van der Waals surface area contributed by atoms with Gasteiger partial charge in [0.15, 0.2) is 0 Å². The van der Waals surface area contributed by atoms with E-state index in [-0.39, 0.29) is 6.61 Å². The average molecular weight is 310 g/mol. The van der Waals surface area contributed by atoms with E-state index in [0.29, 0.717) is 35.9 Å². The fourth-order valence-corrected chi connectivity index (χ4v) is 5.60. The summed E-state index contributed by atoms with van der Waals surface area (Å²) in [5.74, 6) is 1.12. The minimum absolute atomic E-state index is 0.0999. The van der Waals surface area contributed by atoms with Crippen LogP contribution in [0.3, 0.4) is 0 Å². The topological polar surface area (TPSA) is 62.5 Å². The zero-order valence-corrected chi connectivity index (χ0v) is 12.9. The molecule has 3 fully saturated rings. The molecule has 1 N–H and O–H groups in total. The highest BCUT2D eigenvalue weighted by Crippen LogP contribution is 2.41. The fraction of sp³-hybridized carbons (Fsp3) is 0.733. The van der Waals surface area contributed by atoms with Crippen molar-refractivity contribution in [3.05, 3.63) is 18.0 Å². The molecule has 4 rings (SSSR count). The Bertz CT molecular complexity index is 636. The summed E-state index contributed by atoms with van der Waals surface area (Å²) in [4.78, 5) is 0.360. The Morgan fingerprint density at radius 2 is 1.81 bits per heavy atom. The molecule has 1 aromatic rings. The first kappa shape index (κ1) is 13.8. The lowest BCUT2D eigenvalue weighted by atomic mass is 10.0. The molecule has 0 aromatic carbocycles. The van der Waals surface area contributed by atoms with Gasteiger partial charge in [0.25, 0.3) is 0 Å². The van der Waals surface area contributed by atoms with Gasteiger partial charge in [0.05, 0.1) is 6.61 Å². The molecule has 3 aliphatic rings. The van der Waals surface area contributed by atoms with Gasteiger partial charge in [-0.05, 0) is 43.6 Å². The first-order chi connectivity index (χ1) is 10.1.